The van der Waals surface area contributed by atoms with Crippen LogP contribution < -0.4 is 5.32 Å². The first-order chi connectivity index (χ1) is 6.65. The lowest BCUT2D eigenvalue weighted by molar-refractivity contribution is -0.136. The fraction of sp³-hybridized carbons (Fsp3) is 0.889. The molecular formula is C9H19NO4. The average Bonchev–Trinajstić information content (AvgIpc) is 2.16. The first-order valence-corrected chi connectivity index (χ1v) is 4.49. The zero-order chi connectivity index (χ0) is 11.0. The molecule has 0 aliphatic rings. The number of carbonyl (C=O) groups is 1. The third-order valence-electron chi connectivity index (χ3n) is 1.79. The zero-order valence-corrected chi connectivity index (χ0v) is 9.20. The summed E-state index contributed by atoms with van der Waals surface area (Å²) in [6.45, 7) is 2.24. The van der Waals surface area contributed by atoms with Crippen LogP contribution in [0.1, 0.15) is 13.3 Å². The van der Waals surface area contributed by atoms with Gasteiger partial charge >= 0.3 is 0 Å². The molecule has 0 aromatic carbocycles. The Morgan fingerprint density at radius 3 is 2.29 bits per heavy atom. The number of rotatable bonds is 7. The third kappa shape index (κ3) is 5.16. The van der Waals surface area contributed by atoms with Gasteiger partial charge in [0.25, 0.3) is 0 Å². The van der Waals surface area contributed by atoms with E-state index in [0.29, 0.717) is 13.0 Å². The molecule has 5 heteroatoms. The molecule has 5 nitrogen and oxygen atoms in total. The summed E-state index contributed by atoms with van der Waals surface area (Å²) in [6.07, 6.45) is -0.0671. The number of hydrogen-bond acceptors (Lipinski definition) is 4. The minimum absolute atomic E-state index is 0.0709. The van der Waals surface area contributed by atoms with E-state index in [0.717, 1.165) is 0 Å². The van der Waals surface area contributed by atoms with Crippen molar-refractivity contribution >= 4 is 5.91 Å². The van der Waals surface area contributed by atoms with Crippen molar-refractivity contribution in [3.05, 3.63) is 0 Å². The SMILES string of the molecule is COCCC(=O)NC(C)C(OC)OC. The van der Waals surface area contributed by atoms with Crippen molar-refractivity contribution in [3.8, 4) is 0 Å². The maximum absolute atomic E-state index is 11.2. The molecule has 1 unspecified atom stereocenters. The summed E-state index contributed by atoms with van der Waals surface area (Å²) >= 11 is 0. The molecule has 1 N–H and O–H groups in total. The van der Waals surface area contributed by atoms with Crippen LogP contribution in [-0.2, 0) is 19.0 Å². The first kappa shape index (κ1) is 13.4. The van der Waals surface area contributed by atoms with Crippen LogP contribution in [0.2, 0.25) is 0 Å². The second-order valence-electron chi connectivity index (χ2n) is 2.94. The van der Waals surface area contributed by atoms with Gasteiger partial charge in [0.05, 0.1) is 12.6 Å². The van der Waals surface area contributed by atoms with Crippen LogP contribution in [0.15, 0.2) is 0 Å². The molecular weight excluding hydrogens is 186 g/mol. The van der Waals surface area contributed by atoms with Crippen LogP contribution in [0.25, 0.3) is 0 Å². The highest BCUT2D eigenvalue weighted by atomic mass is 16.7. The Bertz CT molecular complexity index is 159. The molecule has 0 saturated carbocycles. The molecule has 0 heterocycles. The summed E-state index contributed by atoms with van der Waals surface area (Å²) in [6, 6.07) is -0.172. The molecule has 0 fully saturated rings. The first-order valence-electron chi connectivity index (χ1n) is 4.49. The largest absolute Gasteiger partial charge is 0.384 e. The molecule has 0 rings (SSSR count). The van der Waals surface area contributed by atoms with E-state index in [1.54, 1.807) is 7.11 Å². The second-order valence-corrected chi connectivity index (χ2v) is 2.94. The lowest BCUT2D eigenvalue weighted by Gasteiger charge is -2.21. The lowest BCUT2D eigenvalue weighted by Crippen LogP contribution is -2.43. The van der Waals surface area contributed by atoms with E-state index in [2.05, 4.69) is 5.32 Å². The molecule has 0 aromatic rings. The summed E-state index contributed by atoms with van der Waals surface area (Å²) in [7, 11) is 4.63. The number of carbonyl (C=O) groups excluding carboxylic acids is 1. The second kappa shape index (κ2) is 7.73. The summed E-state index contributed by atoms with van der Waals surface area (Å²) in [5.74, 6) is -0.0709. The van der Waals surface area contributed by atoms with Crippen molar-refractivity contribution in [1.29, 1.82) is 0 Å². The van der Waals surface area contributed by atoms with Crippen LogP contribution in [0.3, 0.4) is 0 Å². The van der Waals surface area contributed by atoms with Gasteiger partial charge in [0.15, 0.2) is 6.29 Å². The van der Waals surface area contributed by atoms with E-state index in [1.807, 2.05) is 6.92 Å². The van der Waals surface area contributed by atoms with E-state index in [-0.39, 0.29) is 11.9 Å². The Balaban J connectivity index is 3.79. The predicted molar refractivity (Wildman–Crippen MR) is 51.9 cm³/mol. The molecule has 0 aliphatic heterocycles. The predicted octanol–water partition coefficient (Wildman–Crippen LogP) is 0.147. The van der Waals surface area contributed by atoms with E-state index < -0.39 is 6.29 Å². The summed E-state index contributed by atoms with van der Waals surface area (Å²) < 4.78 is 14.8. The minimum Gasteiger partial charge on any atom is -0.384 e. The van der Waals surface area contributed by atoms with Crippen molar-refractivity contribution < 1.29 is 19.0 Å². The van der Waals surface area contributed by atoms with E-state index in [4.69, 9.17) is 14.2 Å². The number of hydrogen-bond donors (Lipinski definition) is 1. The lowest BCUT2D eigenvalue weighted by atomic mass is 10.3. The number of ether oxygens (including phenoxy) is 3. The Hall–Kier alpha value is -0.650. The summed E-state index contributed by atoms with van der Waals surface area (Å²) in [5, 5.41) is 2.75. The van der Waals surface area contributed by atoms with Gasteiger partial charge < -0.3 is 19.5 Å². The van der Waals surface area contributed by atoms with Gasteiger partial charge in [-0.1, -0.05) is 0 Å². The van der Waals surface area contributed by atoms with Gasteiger partial charge in [-0.3, -0.25) is 4.79 Å². The summed E-state index contributed by atoms with van der Waals surface area (Å²) in [5.41, 5.74) is 0. The van der Waals surface area contributed by atoms with Gasteiger partial charge in [-0.05, 0) is 6.92 Å². The Kier molecular flexibility index (Phi) is 7.37. The Labute approximate surface area is 84.7 Å². The van der Waals surface area contributed by atoms with Crippen molar-refractivity contribution in [3.63, 3.8) is 0 Å². The molecule has 0 aromatic heterocycles. The highest BCUT2D eigenvalue weighted by Gasteiger charge is 2.17. The molecule has 0 spiro atoms. The smallest absolute Gasteiger partial charge is 0.222 e. The quantitative estimate of drug-likeness (QED) is 0.601. The van der Waals surface area contributed by atoms with E-state index in [1.165, 1.54) is 14.2 Å². The average molecular weight is 205 g/mol. The molecule has 0 bridgehead atoms. The highest BCUT2D eigenvalue weighted by Crippen LogP contribution is 1.98. The highest BCUT2D eigenvalue weighted by molar-refractivity contribution is 5.76. The van der Waals surface area contributed by atoms with E-state index in [9.17, 15) is 4.79 Å². The third-order valence-corrected chi connectivity index (χ3v) is 1.79. The van der Waals surface area contributed by atoms with Gasteiger partial charge in [-0.25, -0.2) is 0 Å². The van der Waals surface area contributed by atoms with Crippen molar-refractivity contribution in [1.82, 2.24) is 5.32 Å². The number of methoxy groups -OCH3 is 3. The molecule has 0 aliphatic carbocycles. The molecule has 84 valence electrons. The van der Waals surface area contributed by atoms with Crippen molar-refractivity contribution in [2.45, 2.75) is 25.7 Å². The maximum Gasteiger partial charge on any atom is 0.222 e. The summed E-state index contributed by atoms with van der Waals surface area (Å²) in [4.78, 5) is 11.2. The Morgan fingerprint density at radius 1 is 1.29 bits per heavy atom. The van der Waals surface area contributed by atoms with Gasteiger partial charge in [-0.15, -0.1) is 0 Å². The fourth-order valence-corrected chi connectivity index (χ4v) is 1.09. The molecule has 0 saturated heterocycles. The van der Waals surface area contributed by atoms with Crippen LogP contribution in [-0.4, -0.2) is 46.2 Å². The number of nitrogens with one attached hydrogen (secondary N) is 1. The normalized spacial score (nSPS) is 12.9. The van der Waals surface area contributed by atoms with Crippen LogP contribution >= 0.6 is 0 Å². The maximum atomic E-state index is 11.2. The topological polar surface area (TPSA) is 56.8 Å². The molecule has 1 atom stereocenters. The van der Waals surface area contributed by atoms with Crippen LogP contribution in [0, 0.1) is 0 Å². The molecule has 1 amide bonds. The number of amides is 1. The minimum atomic E-state index is -0.415. The monoisotopic (exact) mass is 205 g/mol. The molecule has 0 radical (unpaired) electrons. The van der Waals surface area contributed by atoms with Gasteiger partial charge in [0.1, 0.15) is 0 Å². The van der Waals surface area contributed by atoms with E-state index >= 15 is 0 Å². The Morgan fingerprint density at radius 2 is 1.86 bits per heavy atom. The van der Waals surface area contributed by atoms with Crippen molar-refractivity contribution in [2.24, 2.45) is 0 Å². The van der Waals surface area contributed by atoms with Gasteiger partial charge in [-0.2, -0.15) is 0 Å². The molecule has 14 heavy (non-hydrogen) atoms. The van der Waals surface area contributed by atoms with Gasteiger partial charge in [0, 0.05) is 27.8 Å². The van der Waals surface area contributed by atoms with Crippen molar-refractivity contribution in [2.75, 3.05) is 27.9 Å². The fourth-order valence-electron chi connectivity index (χ4n) is 1.09. The van der Waals surface area contributed by atoms with Crippen LogP contribution in [0.5, 0.6) is 0 Å². The van der Waals surface area contributed by atoms with Crippen LogP contribution in [0.4, 0.5) is 0 Å². The standard InChI is InChI=1S/C9H19NO4/c1-7(9(13-3)14-4)10-8(11)5-6-12-2/h7,9H,5-6H2,1-4H3,(H,10,11). The van der Waals surface area contributed by atoms with Gasteiger partial charge in [0.2, 0.25) is 5.91 Å². The zero-order valence-electron chi connectivity index (χ0n) is 9.20.